The molecule has 0 unspecified atom stereocenters. The third-order valence-electron chi connectivity index (χ3n) is 5.02. The number of H-pyrrole nitrogens is 1. The summed E-state index contributed by atoms with van der Waals surface area (Å²) >= 11 is 0. The Morgan fingerprint density at radius 3 is 2.54 bits per heavy atom. The number of aryl methyl sites for hydroxylation is 1. The number of carboxylic acids is 1. The molecule has 1 fully saturated rings. The Morgan fingerprint density at radius 1 is 1.23 bits per heavy atom. The summed E-state index contributed by atoms with van der Waals surface area (Å²) in [7, 11) is 1.62. The number of benzene rings is 1. The van der Waals surface area contributed by atoms with E-state index in [0.29, 0.717) is 31.5 Å². The van der Waals surface area contributed by atoms with Crippen molar-refractivity contribution in [2.75, 3.05) is 26.7 Å². The maximum atomic E-state index is 12.9. The van der Waals surface area contributed by atoms with Gasteiger partial charge in [-0.15, -0.1) is 0 Å². The second kappa shape index (κ2) is 7.19. The van der Waals surface area contributed by atoms with Crippen LogP contribution in [0, 0.1) is 12.8 Å². The van der Waals surface area contributed by atoms with Crippen LogP contribution in [0.25, 0.3) is 10.9 Å². The second-order valence-corrected chi connectivity index (χ2v) is 6.83. The van der Waals surface area contributed by atoms with E-state index in [9.17, 15) is 14.4 Å². The number of likely N-dealkylation sites (tertiary alicyclic amines) is 1. The minimum absolute atomic E-state index is 0.0183. The number of likely N-dealkylation sites (N-methyl/N-ethyl adjacent to an activating group) is 1. The van der Waals surface area contributed by atoms with Gasteiger partial charge in [-0.05, 0) is 25.8 Å². The first-order valence-corrected chi connectivity index (χ1v) is 8.72. The highest BCUT2D eigenvalue weighted by Gasteiger charge is 2.28. The normalized spacial score (nSPS) is 15.2. The number of nitrogens with one attached hydrogen (secondary N) is 1. The molecule has 0 aliphatic carbocycles. The molecule has 1 aliphatic heterocycles. The number of aromatic amines is 1. The number of hydrogen-bond acceptors (Lipinski definition) is 3. The molecule has 0 spiro atoms. The number of piperidine rings is 1. The number of hydrogen-bond donors (Lipinski definition) is 2. The van der Waals surface area contributed by atoms with Crippen LogP contribution >= 0.6 is 0 Å². The van der Waals surface area contributed by atoms with Gasteiger partial charge in [-0.3, -0.25) is 14.4 Å². The van der Waals surface area contributed by atoms with Gasteiger partial charge in [-0.25, -0.2) is 0 Å². The fraction of sp³-hybridized carbons (Fsp3) is 0.421. The van der Waals surface area contributed by atoms with Gasteiger partial charge in [0.05, 0.1) is 18.0 Å². The number of carbonyl (C=O) groups excluding carboxylic acids is 2. The molecule has 1 aliphatic rings. The standard InChI is InChI=1S/C19H23N3O4/c1-12-17(14-5-3-4-6-15(14)20-12)18(24)21(2)11-16(23)22-9-7-13(8-10-22)19(25)26/h3-6,13,20H,7-11H2,1-2H3,(H,25,26). The smallest absolute Gasteiger partial charge is 0.306 e. The maximum Gasteiger partial charge on any atom is 0.306 e. The van der Waals surface area contributed by atoms with Crippen molar-refractivity contribution in [2.24, 2.45) is 5.92 Å². The summed E-state index contributed by atoms with van der Waals surface area (Å²) in [6.07, 6.45) is 0.917. The summed E-state index contributed by atoms with van der Waals surface area (Å²) in [5.41, 5.74) is 2.25. The highest BCUT2D eigenvalue weighted by atomic mass is 16.4. The molecule has 1 aromatic heterocycles. The number of aliphatic carboxylic acids is 1. The molecule has 26 heavy (non-hydrogen) atoms. The van der Waals surface area contributed by atoms with E-state index < -0.39 is 5.97 Å². The molecule has 2 amide bonds. The third-order valence-corrected chi connectivity index (χ3v) is 5.02. The Labute approximate surface area is 151 Å². The van der Waals surface area contributed by atoms with Gasteiger partial charge in [0, 0.05) is 36.7 Å². The minimum atomic E-state index is -0.806. The Kier molecular flexibility index (Phi) is 4.97. The van der Waals surface area contributed by atoms with E-state index >= 15 is 0 Å². The number of para-hydroxylation sites is 1. The largest absolute Gasteiger partial charge is 0.481 e. The van der Waals surface area contributed by atoms with Crippen molar-refractivity contribution in [3.63, 3.8) is 0 Å². The Morgan fingerprint density at radius 2 is 1.88 bits per heavy atom. The lowest BCUT2D eigenvalue weighted by molar-refractivity contribution is -0.145. The van der Waals surface area contributed by atoms with Gasteiger partial charge >= 0.3 is 5.97 Å². The van der Waals surface area contributed by atoms with Gasteiger partial charge in [-0.1, -0.05) is 18.2 Å². The van der Waals surface area contributed by atoms with E-state index in [0.717, 1.165) is 16.6 Å². The zero-order valence-electron chi connectivity index (χ0n) is 15.0. The first kappa shape index (κ1) is 18.0. The number of aromatic nitrogens is 1. The van der Waals surface area contributed by atoms with Crippen LogP contribution in [0.1, 0.15) is 28.9 Å². The van der Waals surface area contributed by atoms with Crippen molar-refractivity contribution in [1.29, 1.82) is 0 Å². The van der Waals surface area contributed by atoms with Crippen LogP contribution in [-0.2, 0) is 9.59 Å². The monoisotopic (exact) mass is 357 g/mol. The number of carbonyl (C=O) groups is 3. The lowest BCUT2D eigenvalue weighted by atomic mass is 9.97. The lowest BCUT2D eigenvalue weighted by Gasteiger charge is -2.31. The maximum absolute atomic E-state index is 12.9. The summed E-state index contributed by atoms with van der Waals surface area (Å²) in [6.45, 7) is 2.67. The molecule has 2 aromatic rings. The van der Waals surface area contributed by atoms with Gasteiger partial charge in [0.2, 0.25) is 5.91 Å². The molecule has 1 aromatic carbocycles. The predicted octanol–water partition coefficient (Wildman–Crippen LogP) is 1.87. The van der Waals surface area contributed by atoms with Crippen LogP contribution in [0.2, 0.25) is 0 Å². The Hall–Kier alpha value is -2.83. The average molecular weight is 357 g/mol. The summed E-state index contributed by atoms with van der Waals surface area (Å²) in [4.78, 5) is 42.6. The predicted molar refractivity (Wildman–Crippen MR) is 96.9 cm³/mol. The molecule has 0 saturated carbocycles. The number of rotatable bonds is 4. The zero-order valence-corrected chi connectivity index (χ0v) is 15.0. The number of carboxylic acid groups (broad SMARTS) is 1. The lowest BCUT2D eigenvalue weighted by Crippen LogP contribution is -2.45. The van der Waals surface area contributed by atoms with E-state index in [1.165, 1.54) is 4.90 Å². The van der Waals surface area contributed by atoms with Crippen molar-refractivity contribution >= 4 is 28.7 Å². The summed E-state index contributed by atoms with van der Waals surface area (Å²) in [5.74, 6) is -1.54. The van der Waals surface area contributed by atoms with Gasteiger partial charge in [0.1, 0.15) is 0 Å². The molecular formula is C19H23N3O4. The topological polar surface area (TPSA) is 93.7 Å². The summed E-state index contributed by atoms with van der Waals surface area (Å²) in [5, 5.41) is 9.88. The van der Waals surface area contributed by atoms with Gasteiger partial charge in [0.15, 0.2) is 0 Å². The molecule has 0 bridgehead atoms. The van der Waals surface area contributed by atoms with Gasteiger partial charge in [-0.2, -0.15) is 0 Å². The minimum Gasteiger partial charge on any atom is -0.481 e. The van der Waals surface area contributed by atoms with Crippen LogP contribution in [-0.4, -0.2) is 64.4 Å². The summed E-state index contributed by atoms with van der Waals surface area (Å²) in [6, 6.07) is 7.58. The molecule has 2 N–H and O–H groups in total. The van der Waals surface area contributed by atoms with E-state index in [1.54, 1.807) is 11.9 Å². The van der Waals surface area contributed by atoms with E-state index in [-0.39, 0.29) is 24.3 Å². The average Bonchev–Trinajstić information content (AvgIpc) is 2.96. The van der Waals surface area contributed by atoms with Gasteiger partial charge in [0.25, 0.3) is 5.91 Å². The summed E-state index contributed by atoms with van der Waals surface area (Å²) < 4.78 is 0. The van der Waals surface area contributed by atoms with Crippen molar-refractivity contribution in [1.82, 2.24) is 14.8 Å². The van der Waals surface area contributed by atoms with E-state index in [4.69, 9.17) is 5.11 Å². The zero-order chi connectivity index (χ0) is 18.8. The molecule has 2 heterocycles. The van der Waals surface area contributed by atoms with Crippen molar-refractivity contribution < 1.29 is 19.5 Å². The number of amides is 2. The number of fused-ring (bicyclic) bond motifs is 1. The van der Waals surface area contributed by atoms with Crippen LogP contribution < -0.4 is 0 Å². The first-order valence-electron chi connectivity index (χ1n) is 8.72. The Balaban J connectivity index is 1.67. The molecule has 7 heteroatoms. The van der Waals surface area contributed by atoms with Crippen molar-refractivity contribution in [2.45, 2.75) is 19.8 Å². The van der Waals surface area contributed by atoms with Crippen molar-refractivity contribution in [3.05, 3.63) is 35.5 Å². The highest BCUT2D eigenvalue weighted by Crippen LogP contribution is 2.23. The molecule has 7 nitrogen and oxygen atoms in total. The number of nitrogens with zero attached hydrogens (tertiary/aromatic N) is 2. The van der Waals surface area contributed by atoms with E-state index in [1.807, 2.05) is 31.2 Å². The highest BCUT2D eigenvalue weighted by molar-refractivity contribution is 6.08. The molecule has 3 rings (SSSR count). The first-order chi connectivity index (χ1) is 12.4. The molecule has 138 valence electrons. The van der Waals surface area contributed by atoms with Crippen molar-refractivity contribution in [3.8, 4) is 0 Å². The molecular weight excluding hydrogens is 334 g/mol. The second-order valence-electron chi connectivity index (χ2n) is 6.83. The van der Waals surface area contributed by atoms with Crippen LogP contribution in [0.4, 0.5) is 0 Å². The SMILES string of the molecule is Cc1[nH]c2ccccc2c1C(=O)N(C)CC(=O)N1CCC(C(=O)O)CC1. The third kappa shape index (κ3) is 3.42. The Bertz CT molecular complexity index is 850. The van der Waals surface area contributed by atoms with E-state index in [2.05, 4.69) is 4.98 Å². The molecule has 0 radical (unpaired) electrons. The van der Waals surface area contributed by atoms with Gasteiger partial charge < -0.3 is 19.9 Å². The van der Waals surface area contributed by atoms with Crippen LogP contribution in [0.15, 0.2) is 24.3 Å². The fourth-order valence-electron chi connectivity index (χ4n) is 3.49. The molecule has 0 atom stereocenters. The fourth-order valence-corrected chi connectivity index (χ4v) is 3.49. The van der Waals surface area contributed by atoms with Crippen LogP contribution in [0.5, 0.6) is 0 Å². The quantitative estimate of drug-likeness (QED) is 0.873. The van der Waals surface area contributed by atoms with Crippen LogP contribution in [0.3, 0.4) is 0 Å². The molecule has 1 saturated heterocycles.